The van der Waals surface area contributed by atoms with Crippen molar-refractivity contribution in [2.75, 3.05) is 19.6 Å². The van der Waals surface area contributed by atoms with Gasteiger partial charge in [-0.25, -0.2) is 0 Å². The van der Waals surface area contributed by atoms with Gasteiger partial charge in [-0.2, -0.15) is 0 Å². The monoisotopic (exact) mass is 409 g/mol. The summed E-state index contributed by atoms with van der Waals surface area (Å²) >= 11 is -1.83. The molecule has 0 aromatic carbocycles. The van der Waals surface area contributed by atoms with E-state index in [9.17, 15) is 0 Å². The molecule has 0 unspecified atom stereocenters. The maximum atomic E-state index is 2.66. The number of nitrogens with zero attached hydrogens (tertiary/aromatic N) is 1. The van der Waals surface area contributed by atoms with Gasteiger partial charge in [-0.1, -0.05) is 0 Å². The Bertz CT molecular complexity index is 186. The summed E-state index contributed by atoms with van der Waals surface area (Å²) in [5.41, 5.74) is 0. The molecule has 0 aliphatic carbocycles. The second kappa shape index (κ2) is 15.6. The van der Waals surface area contributed by atoms with Gasteiger partial charge in [0, 0.05) is 0 Å². The van der Waals surface area contributed by atoms with Crippen LogP contribution in [-0.4, -0.2) is 48.4 Å². The standard InChI is InChI=1S/C6H14N.3C4H9.H2O.Sn/c1-4-7(5-2)6-3;3*1-3-4-2;;/h1,4-6H2,2-3H3;3*1,3-4H2,2H3;1H2;. The maximum Gasteiger partial charge on any atom is -0.412 e. The quantitative estimate of drug-likeness (QED) is 0.357. The van der Waals surface area contributed by atoms with E-state index in [1.165, 1.54) is 58.2 Å². The molecular formula is C18H43NOSn. The van der Waals surface area contributed by atoms with Gasteiger partial charge in [0.1, 0.15) is 0 Å². The van der Waals surface area contributed by atoms with Crippen molar-refractivity contribution in [3.05, 3.63) is 0 Å². The first-order valence-corrected chi connectivity index (χ1v) is 17.5. The van der Waals surface area contributed by atoms with E-state index >= 15 is 0 Å². The zero-order valence-corrected chi connectivity index (χ0v) is 18.5. The molecule has 0 rings (SSSR count). The molecule has 0 atom stereocenters. The van der Waals surface area contributed by atoms with Gasteiger partial charge in [0.25, 0.3) is 0 Å². The van der Waals surface area contributed by atoms with Gasteiger partial charge < -0.3 is 5.48 Å². The SMILES string of the molecule is CCC[CH2][Sn]([CH2]CCC)([CH2]CCC)[CH2]CN(CC)CC.O. The molecule has 3 heteroatoms. The van der Waals surface area contributed by atoms with Crippen LogP contribution in [0, 0.1) is 0 Å². The molecule has 0 fully saturated rings. The minimum Gasteiger partial charge on any atom is -0.412 e. The molecule has 130 valence electrons. The van der Waals surface area contributed by atoms with Crippen molar-refractivity contribution in [3.8, 4) is 0 Å². The van der Waals surface area contributed by atoms with Crippen LogP contribution in [0.5, 0.6) is 0 Å². The van der Waals surface area contributed by atoms with E-state index in [-0.39, 0.29) is 5.48 Å². The second-order valence-corrected chi connectivity index (χ2v) is 20.9. The van der Waals surface area contributed by atoms with Crippen LogP contribution in [0.15, 0.2) is 0 Å². The Morgan fingerprint density at radius 3 is 1.29 bits per heavy atom. The van der Waals surface area contributed by atoms with Gasteiger partial charge in [0.15, 0.2) is 0 Å². The average molecular weight is 408 g/mol. The summed E-state index contributed by atoms with van der Waals surface area (Å²) in [5, 5.41) is 0. The Hall–Kier alpha value is 0.719. The number of rotatable bonds is 14. The van der Waals surface area contributed by atoms with Crippen LogP contribution in [-0.2, 0) is 0 Å². The van der Waals surface area contributed by atoms with E-state index in [1.807, 2.05) is 0 Å². The molecule has 0 heterocycles. The summed E-state index contributed by atoms with van der Waals surface area (Å²) in [6.45, 7) is 15.7. The maximum absolute atomic E-state index is 2.66. The van der Waals surface area contributed by atoms with E-state index in [0.717, 1.165) is 0 Å². The minimum atomic E-state index is -1.83. The summed E-state index contributed by atoms with van der Waals surface area (Å²) in [7, 11) is 0. The van der Waals surface area contributed by atoms with Gasteiger partial charge in [0.05, 0.1) is 0 Å². The van der Waals surface area contributed by atoms with Crippen molar-refractivity contribution in [2.45, 2.75) is 90.9 Å². The fourth-order valence-electron chi connectivity index (χ4n) is 3.34. The van der Waals surface area contributed by atoms with Crippen LogP contribution in [0.2, 0.25) is 17.7 Å². The number of unbranched alkanes of at least 4 members (excludes halogenated alkanes) is 3. The first-order valence-electron chi connectivity index (χ1n) is 9.40. The molecule has 0 aliphatic rings. The molecule has 0 aliphatic heterocycles. The normalized spacial score (nSPS) is 11.7. The molecule has 0 amide bonds. The molecule has 0 saturated carbocycles. The predicted octanol–water partition coefficient (Wildman–Crippen LogP) is 5.35. The average Bonchev–Trinajstić information content (AvgIpc) is 2.49. The van der Waals surface area contributed by atoms with E-state index in [0.29, 0.717) is 0 Å². The molecular weight excluding hydrogens is 365 g/mol. The molecule has 0 bridgehead atoms. The Morgan fingerprint density at radius 2 is 1.00 bits per heavy atom. The summed E-state index contributed by atoms with van der Waals surface area (Å²) in [6.07, 6.45) is 8.76. The summed E-state index contributed by atoms with van der Waals surface area (Å²) in [6, 6.07) is 0. The van der Waals surface area contributed by atoms with Crippen LogP contribution >= 0.6 is 0 Å². The Morgan fingerprint density at radius 1 is 0.619 bits per heavy atom. The third kappa shape index (κ3) is 11.0. The van der Waals surface area contributed by atoms with Crippen LogP contribution in [0.25, 0.3) is 0 Å². The summed E-state index contributed by atoms with van der Waals surface area (Å²) < 4.78 is 6.65. The van der Waals surface area contributed by atoms with E-state index in [4.69, 9.17) is 0 Å². The molecule has 2 N–H and O–H groups in total. The van der Waals surface area contributed by atoms with Crippen molar-refractivity contribution in [1.82, 2.24) is 4.90 Å². The van der Waals surface area contributed by atoms with E-state index < -0.39 is 18.4 Å². The predicted molar refractivity (Wildman–Crippen MR) is 101 cm³/mol. The molecule has 2 nitrogen and oxygen atoms in total. The zero-order valence-electron chi connectivity index (χ0n) is 15.6. The molecule has 0 radical (unpaired) electrons. The Labute approximate surface area is 139 Å². The van der Waals surface area contributed by atoms with Gasteiger partial charge in [0.2, 0.25) is 0 Å². The van der Waals surface area contributed by atoms with Crippen LogP contribution in [0.3, 0.4) is 0 Å². The second-order valence-electron chi connectivity index (χ2n) is 6.59. The molecule has 21 heavy (non-hydrogen) atoms. The molecule has 0 spiro atoms. The summed E-state index contributed by atoms with van der Waals surface area (Å²) in [4.78, 5) is 2.66. The fraction of sp³-hybridized carbons (Fsp3) is 1.00. The van der Waals surface area contributed by atoms with Crippen molar-refractivity contribution in [1.29, 1.82) is 0 Å². The smallest absolute Gasteiger partial charge is 0.412 e. The van der Waals surface area contributed by atoms with Crippen LogP contribution in [0.4, 0.5) is 0 Å². The first-order chi connectivity index (χ1) is 9.67. The Kier molecular flexibility index (Phi) is 17.8. The summed E-state index contributed by atoms with van der Waals surface area (Å²) in [5.74, 6) is 0. The fourth-order valence-corrected chi connectivity index (χ4v) is 19.3. The van der Waals surface area contributed by atoms with Crippen molar-refractivity contribution < 1.29 is 5.48 Å². The largest absolute Gasteiger partial charge is 0.412 e. The zero-order chi connectivity index (χ0) is 15.3. The van der Waals surface area contributed by atoms with Crippen molar-refractivity contribution in [2.24, 2.45) is 0 Å². The minimum absolute atomic E-state index is 0. The van der Waals surface area contributed by atoms with E-state index in [2.05, 4.69) is 39.5 Å². The topological polar surface area (TPSA) is 34.7 Å². The molecule has 0 aromatic heterocycles. The van der Waals surface area contributed by atoms with Gasteiger partial charge >= 0.3 is 134 Å². The Balaban J connectivity index is 0. The van der Waals surface area contributed by atoms with Crippen molar-refractivity contribution in [3.63, 3.8) is 0 Å². The third-order valence-corrected chi connectivity index (χ3v) is 20.8. The van der Waals surface area contributed by atoms with Gasteiger partial charge in [-0.15, -0.1) is 0 Å². The molecule has 0 aromatic rings. The number of hydrogen-bond donors (Lipinski definition) is 0. The van der Waals surface area contributed by atoms with Crippen LogP contribution < -0.4 is 0 Å². The molecule has 0 saturated heterocycles. The van der Waals surface area contributed by atoms with Gasteiger partial charge in [-0.3, -0.25) is 0 Å². The van der Waals surface area contributed by atoms with E-state index in [1.54, 1.807) is 17.7 Å². The van der Waals surface area contributed by atoms with Crippen molar-refractivity contribution >= 4 is 18.4 Å². The van der Waals surface area contributed by atoms with Crippen LogP contribution in [0.1, 0.15) is 73.1 Å². The number of hydrogen-bond acceptors (Lipinski definition) is 1. The van der Waals surface area contributed by atoms with Gasteiger partial charge in [-0.05, 0) is 0 Å². The third-order valence-electron chi connectivity index (χ3n) is 5.03. The first kappa shape index (κ1) is 24.0.